The van der Waals surface area contributed by atoms with Gasteiger partial charge in [0.15, 0.2) is 0 Å². The second-order valence-electron chi connectivity index (χ2n) is 5.17. The molecule has 0 radical (unpaired) electrons. The van der Waals surface area contributed by atoms with Crippen LogP contribution in [0.15, 0.2) is 12.1 Å². The van der Waals surface area contributed by atoms with Crippen LogP contribution in [0, 0.1) is 5.92 Å². The largest absolute Gasteiger partial charge is 0.492 e. The summed E-state index contributed by atoms with van der Waals surface area (Å²) in [5, 5.41) is 2.90. The van der Waals surface area contributed by atoms with E-state index in [2.05, 4.69) is 5.32 Å². The molecule has 19 heavy (non-hydrogen) atoms. The van der Waals surface area contributed by atoms with Crippen molar-refractivity contribution < 1.29 is 14.3 Å². The Morgan fingerprint density at radius 1 is 1.53 bits per heavy atom. The monoisotopic (exact) mass is 263 g/mol. The lowest BCUT2D eigenvalue weighted by Gasteiger charge is -2.14. The molecular formula is C15H21NO3. The lowest BCUT2D eigenvalue weighted by atomic mass is 10.1. The van der Waals surface area contributed by atoms with Gasteiger partial charge in [0.1, 0.15) is 17.6 Å². The lowest BCUT2D eigenvalue weighted by molar-refractivity contribution is -0.118. The number of fused-ring (bicyclic) bond motifs is 1. The normalized spacial score (nSPS) is 17.0. The van der Waals surface area contributed by atoms with Crippen molar-refractivity contribution in [3.63, 3.8) is 0 Å². The van der Waals surface area contributed by atoms with Crippen LogP contribution in [0.4, 0.5) is 5.69 Å². The van der Waals surface area contributed by atoms with Gasteiger partial charge < -0.3 is 14.8 Å². The maximum absolute atomic E-state index is 11.8. The van der Waals surface area contributed by atoms with Crippen LogP contribution in [0.25, 0.3) is 0 Å². The van der Waals surface area contributed by atoms with Crippen molar-refractivity contribution in [3.05, 3.63) is 17.7 Å². The van der Waals surface area contributed by atoms with Gasteiger partial charge in [-0.2, -0.15) is 0 Å². The Morgan fingerprint density at radius 2 is 2.26 bits per heavy atom. The standard InChI is InChI=1S/C15H21NO3/c1-5-18-14-7-11-6-10(4)19-13(11)8-12(14)16-15(17)9(2)3/h7-10H,5-6H2,1-4H3,(H,16,17)/t10-/m1/s1. The van der Waals surface area contributed by atoms with Crippen molar-refractivity contribution >= 4 is 11.6 Å². The number of rotatable bonds is 4. The van der Waals surface area contributed by atoms with E-state index in [1.807, 2.05) is 39.8 Å². The van der Waals surface area contributed by atoms with Crippen molar-refractivity contribution in [2.24, 2.45) is 5.92 Å². The quantitative estimate of drug-likeness (QED) is 0.908. The van der Waals surface area contributed by atoms with Gasteiger partial charge in [0.25, 0.3) is 0 Å². The van der Waals surface area contributed by atoms with E-state index in [0.29, 0.717) is 18.0 Å². The fourth-order valence-electron chi connectivity index (χ4n) is 2.09. The van der Waals surface area contributed by atoms with E-state index in [1.54, 1.807) is 0 Å². The Kier molecular flexibility index (Phi) is 3.98. The number of carbonyl (C=O) groups excluding carboxylic acids is 1. The zero-order chi connectivity index (χ0) is 14.0. The summed E-state index contributed by atoms with van der Waals surface area (Å²) in [4.78, 5) is 11.8. The van der Waals surface area contributed by atoms with Gasteiger partial charge in [0.2, 0.25) is 5.91 Å². The van der Waals surface area contributed by atoms with Crippen LogP contribution in [0.3, 0.4) is 0 Å². The Morgan fingerprint density at radius 3 is 2.89 bits per heavy atom. The highest BCUT2D eigenvalue weighted by molar-refractivity contribution is 5.94. The molecule has 104 valence electrons. The summed E-state index contributed by atoms with van der Waals surface area (Å²) in [7, 11) is 0. The molecule has 0 aromatic heterocycles. The summed E-state index contributed by atoms with van der Waals surface area (Å²) in [6, 6.07) is 3.84. The van der Waals surface area contributed by atoms with Gasteiger partial charge in [-0.15, -0.1) is 0 Å². The SMILES string of the molecule is CCOc1cc2c(cc1NC(=O)C(C)C)O[C@H](C)C2. The molecule has 0 saturated heterocycles. The maximum atomic E-state index is 11.8. The highest BCUT2D eigenvalue weighted by Crippen LogP contribution is 2.38. The first-order valence-corrected chi connectivity index (χ1v) is 6.78. The average Bonchev–Trinajstić information content (AvgIpc) is 2.68. The third kappa shape index (κ3) is 3.00. The number of carbonyl (C=O) groups is 1. The van der Waals surface area contributed by atoms with Gasteiger partial charge in [0, 0.05) is 24.0 Å². The van der Waals surface area contributed by atoms with Crippen molar-refractivity contribution in [2.75, 3.05) is 11.9 Å². The summed E-state index contributed by atoms with van der Waals surface area (Å²) in [5.74, 6) is 1.47. The van der Waals surface area contributed by atoms with Gasteiger partial charge in [-0.25, -0.2) is 0 Å². The number of nitrogens with one attached hydrogen (secondary N) is 1. The molecule has 0 unspecified atom stereocenters. The molecular weight excluding hydrogens is 242 g/mol. The predicted octanol–water partition coefficient (Wildman–Crippen LogP) is 3.00. The molecule has 1 heterocycles. The van der Waals surface area contributed by atoms with E-state index >= 15 is 0 Å². The van der Waals surface area contributed by atoms with Crippen LogP contribution < -0.4 is 14.8 Å². The van der Waals surface area contributed by atoms with Crippen LogP contribution in [0.2, 0.25) is 0 Å². The molecule has 0 aliphatic carbocycles. The van der Waals surface area contributed by atoms with Crippen LogP contribution in [0.5, 0.6) is 11.5 Å². The highest BCUT2D eigenvalue weighted by Gasteiger charge is 2.22. The smallest absolute Gasteiger partial charge is 0.227 e. The van der Waals surface area contributed by atoms with Gasteiger partial charge >= 0.3 is 0 Å². The first-order valence-electron chi connectivity index (χ1n) is 6.78. The summed E-state index contributed by atoms with van der Waals surface area (Å²) in [5.41, 5.74) is 1.83. The molecule has 0 fully saturated rings. The van der Waals surface area contributed by atoms with Crippen LogP contribution in [0.1, 0.15) is 33.3 Å². The number of benzene rings is 1. The second kappa shape index (κ2) is 5.51. The number of hydrogen-bond donors (Lipinski definition) is 1. The molecule has 0 spiro atoms. The van der Waals surface area contributed by atoms with Crippen molar-refractivity contribution in [1.82, 2.24) is 0 Å². The highest BCUT2D eigenvalue weighted by atomic mass is 16.5. The van der Waals surface area contributed by atoms with E-state index in [0.717, 1.165) is 17.7 Å². The van der Waals surface area contributed by atoms with E-state index in [1.165, 1.54) is 0 Å². The van der Waals surface area contributed by atoms with Crippen LogP contribution in [-0.4, -0.2) is 18.6 Å². The summed E-state index contributed by atoms with van der Waals surface area (Å²) < 4.78 is 11.3. The molecule has 1 aromatic rings. The fraction of sp³-hybridized carbons (Fsp3) is 0.533. The van der Waals surface area contributed by atoms with E-state index in [-0.39, 0.29) is 17.9 Å². The minimum absolute atomic E-state index is 0.0213. The zero-order valence-corrected chi connectivity index (χ0v) is 11.9. The minimum Gasteiger partial charge on any atom is -0.492 e. The van der Waals surface area contributed by atoms with Crippen molar-refractivity contribution in [2.45, 2.75) is 40.2 Å². The Balaban J connectivity index is 2.30. The van der Waals surface area contributed by atoms with Crippen LogP contribution >= 0.6 is 0 Å². The summed E-state index contributed by atoms with van der Waals surface area (Å²) in [6.07, 6.45) is 1.06. The topological polar surface area (TPSA) is 47.6 Å². The molecule has 0 saturated carbocycles. The molecule has 1 aliphatic rings. The molecule has 1 atom stereocenters. The Bertz CT molecular complexity index is 483. The lowest BCUT2D eigenvalue weighted by Crippen LogP contribution is -2.18. The third-order valence-corrected chi connectivity index (χ3v) is 3.08. The summed E-state index contributed by atoms with van der Waals surface area (Å²) in [6.45, 7) is 8.26. The van der Waals surface area contributed by atoms with Gasteiger partial charge in [0.05, 0.1) is 12.3 Å². The molecule has 1 aliphatic heterocycles. The molecule has 1 N–H and O–H groups in total. The fourth-order valence-corrected chi connectivity index (χ4v) is 2.09. The molecule has 0 bridgehead atoms. The van der Waals surface area contributed by atoms with Crippen molar-refractivity contribution in [1.29, 1.82) is 0 Å². The number of ether oxygens (including phenoxy) is 2. The number of amides is 1. The molecule has 1 aromatic carbocycles. The second-order valence-corrected chi connectivity index (χ2v) is 5.17. The van der Waals surface area contributed by atoms with E-state index in [4.69, 9.17) is 9.47 Å². The Hall–Kier alpha value is -1.71. The zero-order valence-electron chi connectivity index (χ0n) is 11.9. The molecule has 4 heteroatoms. The predicted molar refractivity (Wildman–Crippen MR) is 74.9 cm³/mol. The van der Waals surface area contributed by atoms with Crippen LogP contribution in [-0.2, 0) is 11.2 Å². The molecule has 2 rings (SSSR count). The first-order chi connectivity index (χ1) is 9.01. The molecule has 1 amide bonds. The van der Waals surface area contributed by atoms with E-state index < -0.39 is 0 Å². The van der Waals surface area contributed by atoms with Gasteiger partial charge in [-0.05, 0) is 19.9 Å². The minimum atomic E-state index is -0.0671. The average molecular weight is 263 g/mol. The Labute approximate surface area is 114 Å². The first kappa shape index (κ1) is 13.7. The number of anilines is 1. The third-order valence-electron chi connectivity index (χ3n) is 3.08. The molecule has 4 nitrogen and oxygen atoms in total. The maximum Gasteiger partial charge on any atom is 0.227 e. The summed E-state index contributed by atoms with van der Waals surface area (Å²) >= 11 is 0. The van der Waals surface area contributed by atoms with Crippen molar-refractivity contribution in [3.8, 4) is 11.5 Å². The van der Waals surface area contributed by atoms with E-state index in [9.17, 15) is 4.79 Å². The number of hydrogen-bond acceptors (Lipinski definition) is 3. The van der Waals surface area contributed by atoms with Gasteiger partial charge in [-0.1, -0.05) is 13.8 Å². The van der Waals surface area contributed by atoms with Gasteiger partial charge in [-0.3, -0.25) is 4.79 Å².